The number of carboxylic acid groups (broad SMARTS) is 1. The lowest BCUT2D eigenvalue weighted by Crippen LogP contribution is -2.61. The summed E-state index contributed by atoms with van der Waals surface area (Å²) in [5.74, 6) is -1.83. The van der Waals surface area contributed by atoms with Crippen LogP contribution in [0.4, 0.5) is 9.18 Å². The summed E-state index contributed by atoms with van der Waals surface area (Å²) in [5.41, 5.74) is -0.792. The van der Waals surface area contributed by atoms with Gasteiger partial charge < -0.3 is 29.5 Å². The number of aromatic nitrogens is 1. The summed E-state index contributed by atoms with van der Waals surface area (Å²) < 4.78 is 61.3. The van der Waals surface area contributed by atoms with Crippen LogP contribution >= 0.6 is 0 Å². The molecule has 2 aliphatic heterocycles. The Labute approximate surface area is 391 Å². The molecule has 0 spiro atoms. The molecule has 0 bridgehead atoms. The smallest absolute Gasteiger partial charge is 0.408 e. The zero-order valence-corrected chi connectivity index (χ0v) is 39.8. The number of hydrogen-bond donors (Lipinski definition) is 3. The first-order chi connectivity index (χ1) is 31.8. The number of nitrogens with zero attached hydrogens (tertiary/aromatic N) is 3. The van der Waals surface area contributed by atoms with Crippen molar-refractivity contribution >= 4 is 44.6 Å². The first-order valence-corrected chi connectivity index (χ1v) is 25.3. The normalized spacial score (nSPS) is 31.6. The molecule has 3 aromatic rings. The van der Waals surface area contributed by atoms with Crippen LogP contribution in [0.5, 0.6) is 17.4 Å². The van der Waals surface area contributed by atoms with E-state index in [1.165, 1.54) is 21.9 Å². The molecule has 3 N–H and O–H groups in total. The molecule has 4 aliphatic carbocycles. The van der Waals surface area contributed by atoms with Crippen LogP contribution in [0.1, 0.15) is 98.8 Å². The van der Waals surface area contributed by atoms with Crippen LogP contribution in [0.15, 0.2) is 54.6 Å². The number of benzene rings is 2. The molecule has 4 amide bonds. The molecule has 6 aliphatic rings. The van der Waals surface area contributed by atoms with Crippen LogP contribution in [0.25, 0.3) is 22.0 Å². The quantitative estimate of drug-likeness (QED) is 0.164. The van der Waals surface area contributed by atoms with E-state index in [-0.39, 0.29) is 49.1 Å². The minimum absolute atomic E-state index is 0.0658. The maximum atomic E-state index is 15.5. The van der Waals surface area contributed by atoms with Gasteiger partial charge in [-0.1, -0.05) is 26.0 Å². The summed E-state index contributed by atoms with van der Waals surface area (Å²) in [6.45, 7) is 9.05. The Balaban J connectivity index is 1.10. The number of carbonyl (C=O) groups excluding carboxylic acids is 3. The molecule has 1 aromatic heterocycles. The summed E-state index contributed by atoms with van der Waals surface area (Å²) in [6.07, 6.45) is 6.70. The lowest BCUT2D eigenvalue weighted by Gasteiger charge is -2.40. The number of nitrogens with one attached hydrogen (secondary N) is 2. The lowest BCUT2D eigenvalue weighted by atomic mass is 9.86. The van der Waals surface area contributed by atoms with Gasteiger partial charge >= 0.3 is 6.09 Å². The van der Waals surface area contributed by atoms with Crippen LogP contribution in [-0.4, -0.2) is 106 Å². The first kappa shape index (κ1) is 46.7. The third-order valence-corrected chi connectivity index (χ3v) is 17.4. The minimum atomic E-state index is -4.07. The Bertz CT molecular complexity index is 2610. The van der Waals surface area contributed by atoms with Crippen LogP contribution in [0, 0.1) is 35.4 Å². The zero-order chi connectivity index (χ0) is 47.7. The second-order valence-electron chi connectivity index (χ2n) is 20.7. The molecule has 67 heavy (non-hydrogen) atoms. The molecule has 1 unspecified atom stereocenters. The van der Waals surface area contributed by atoms with E-state index < -0.39 is 80.0 Å². The van der Waals surface area contributed by atoms with Crippen molar-refractivity contribution in [2.45, 2.75) is 139 Å². The third-order valence-electron chi connectivity index (χ3n) is 15.2. The predicted octanol–water partition coefficient (Wildman–Crippen LogP) is 7.22. The fraction of sp³-hybridized carbons (Fsp3) is 0.580. The van der Waals surface area contributed by atoms with Crippen molar-refractivity contribution in [2.24, 2.45) is 29.6 Å². The average Bonchev–Trinajstić information content (AvgIpc) is 4.23. The number of amides is 4. The number of rotatable bonds is 11. The maximum Gasteiger partial charge on any atom is 0.408 e. The highest BCUT2D eigenvalue weighted by Gasteiger charge is 2.63. The molecule has 5 fully saturated rings. The molecule has 4 saturated carbocycles. The third kappa shape index (κ3) is 9.16. The van der Waals surface area contributed by atoms with Crippen LogP contribution in [0.3, 0.4) is 0 Å². The van der Waals surface area contributed by atoms with Gasteiger partial charge in [-0.25, -0.2) is 22.6 Å². The summed E-state index contributed by atoms with van der Waals surface area (Å²) in [6, 6.07) is 8.95. The molecule has 360 valence electrons. The van der Waals surface area contributed by atoms with E-state index in [0.717, 1.165) is 12.8 Å². The van der Waals surface area contributed by atoms with Gasteiger partial charge in [0.05, 0.1) is 30.2 Å². The highest BCUT2D eigenvalue weighted by molar-refractivity contribution is 7.91. The summed E-state index contributed by atoms with van der Waals surface area (Å²) in [4.78, 5) is 65.7. The van der Waals surface area contributed by atoms with Crippen LogP contribution in [-0.2, 0) is 24.4 Å². The molecule has 15 nitrogen and oxygen atoms in total. The number of allylic oxidation sites excluding steroid dienone is 1. The SMILES string of the molecule is COc1ccc2c(O[C@@H]3C[C@H]4C(=O)N[C@]5(C(=O)NS(=O)(=O)C6(C)CC6)C[C@H]5/C=C\CC[C@@H](C)C[C@@H](C)[C@H](N(C(=O)O)[C@H]5CC6C[C@H]6C5)C(=O)N4C3)nc(-c3ccc(OC(C)C)c(F)c3)cc2c1. The number of ether oxygens (including phenoxy) is 3. The number of halogens is 1. The van der Waals surface area contributed by atoms with E-state index in [1.54, 1.807) is 58.2 Å². The van der Waals surface area contributed by atoms with Crippen molar-refractivity contribution in [1.29, 1.82) is 0 Å². The van der Waals surface area contributed by atoms with Crippen molar-refractivity contribution in [1.82, 2.24) is 24.8 Å². The molecule has 9 rings (SSSR count). The van der Waals surface area contributed by atoms with E-state index in [0.29, 0.717) is 78.1 Å². The lowest BCUT2D eigenvalue weighted by molar-refractivity contribution is -0.145. The topological polar surface area (TPSA) is 194 Å². The number of methoxy groups -OCH3 is 1. The molecular formula is C50H62FN5O10S. The van der Waals surface area contributed by atoms with E-state index >= 15 is 9.18 Å². The van der Waals surface area contributed by atoms with Crippen molar-refractivity contribution < 1.29 is 51.3 Å². The molecule has 1 saturated heterocycles. The average molecular weight is 944 g/mol. The fourth-order valence-electron chi connectivity index (χ4n) is 10.9. The van der Waals surface area contributed by atoms with Crippen LogP contribution in [0.2, 0.25) is 0 Å². The summed E-state index contributed by atoms with van der Waals surface area (Å²) >= 11 is 0. The van der Waals surface area contributed by atoms with Gasteiger partial charge in [0.25, 0.3) is 5.91 Å². The van der Waals surface area contributed by atoms with Gasteiger partial charge in [-0.3, -0.25) is 24.0 Å². The number of sulfonamides is 1. The van der Waals surface area contributed by atoms with Crippen LogP contribution < -0.4 is 24.2 Å². The Morgan fingerprint density at radius 3 is 2.45 bits per heavy atom. The first-order valence-electron chi connectivity index (χ1n) is 23.8. The Morgan fingerprint density at radius 2 is 1.78 bits per heavy atom. The van der Waals surface area contributed by atoms with Gasteiger partial charge in [0.15, 0.2) is 11.6 Å². The molecule has 3 heterocycles. The molecule has 10 atom stereocenters. The second-order valence-corrected chi connectivity index (χ2v) is 22.9. The van der Waals surface area contributed by atoms with E-state index in [9.17, 15) is 27.9 Å². The summed E-state index contributed by atoms with van der Waals surface area (Å²) in [7, 11) is -2.52. The van der Waals surface area contributed by atoms with E-state index in [1.807, 2.05) is 19.1 Å². The van der Waals surface area contributed by atoms with E-state index in [2.05, 4.69) is 17.0 Å². The molecule has 0 radical (unpaired) electrons. The van der Waals surface area contributed by atoms with E-state index in [4.69, 9.17) is 19.2 Å². The fourth-order valence-corrected chi connectivity index (χ4v) is 12.2. The molecule has 17 heteroatoms. The van der Waals surface area contributed by atoms with Gasteiger partial charge in [-0.15, -0.1) is 0 Å². The zero-order valence-electron chi connectivity index (χ0n) is 39.0. The number of carbonyl (C=O) groups is 4. The second kappa shape index (κ2) is 17.6. The summed E-state index contributed by atoms with van der Waals surface area (Å²) in [5, 5.41) is 15.1. The minimum Gasteiger partial charge on any atom is -0.497 e. The number of fused-ring (bicyclic) bond motifs is 4. The maximum absolute atomic E-state index is 15.5. The van der Waals surface area contributed by atoms with Gasteiger partial charge in [-0.2, -0.15) is 0 Å². The van der Waals surface area contributed by atoms with Gasteiger partial charge in [-0.05, 0) is 150 Å². The molecular weight excluding hydrogens is 882 g/mol. The predicted molar refractivity (Wildman–Crippen MR) is 247 cm³/mol. The van der Waals surface area contributed by atoms with Crippen molar-refractivity contribution in [3.05, 3.63) is 60.4 Å². The van der Waals surface area contributed by atoms with Crippen molar-refractivity contribution in [3.8, 4) is 28.6 Å². The monoisotopic (exact) mass is 943 g/mol. The highest BCUT2D eigenvalue weighted by atomic mass is 32.2. The van der Waals surface area contributed by atoms with Gasteiger partial charge in [0.2, 0.25) is 27.7 Å². The number of pyridine rings is 1. The number of hydrogen-bond acceptors (Lipinski definition) is 10. The molecule has 2 aromatic carbocycles. The Hall–Kier alpha value is -5.45. The van der Waals surface area contributed by atoms with Gasteiger partial charge in [0.1, 0.15) is 29.5 Å². The highest BCUT2D eigenvalue weighted by Crippen LogP contribution is 2.54. The van der Waals surface area contributed by atoms with Gasteiger partial charge in [0, 0.05) is 29.3 Å². The Kier molecular flexibility index (Phi) is 12.2. The Morgan fingerprint density at radius 1 is 1.03 bits per heavy atom. The van der Waals surface area contributed by atoms with Crippen molar-refractivity contribution in [3.63, 3.8) is 0 Å². The van der Waals surface area contributed by atoms with Crippen molar-refractivity contribution in [2.75, 3.05) is 13.7 Å². The largest absolute Gasteiger partial charge is 0.497 e. The standard InChI is InChI=1S/C50H62FN5O10S/c1-27(2)65-42-14-11-30(22-39(42)51)40-23-33-21-36(64-6)12-13-38(33)45(52-40)66-37-24-41-44(57)53-50(47(59)54-67(62,63)49(5)15-16-49)25-34(50)10-8-7-9-28(3)17-29(4)43(46(58)55(41)26-37)56(48(60)61)35-19-31-18-32(31)20-35/h8,10-14,21-23,27-29,31-32,34-35,37,41,43H,7,9,15-20,24-26H2,1-6H3,(H,53,57)(H,54,59)(H,60,61)/b10-8-/t28-,29-,31+,32?,34-,35-,37-,41+,43+,50-/m1/s1.